The van der Waals surface area contributed by atoms with Crippen molar-refractivity contribution in [2.75, 3.05) is 13.7 Å². The molecule has 0 aliphatic heterocycles. The van der Waals surface area contributed by atoms with E-state index in [2.05, 4.69) is 15.2 Å². The third-order valence-electron chi connectivity index (χ3n) is 4.09. The number of carbonyl (C=O) groups excluding carboxylic acids is 2. The fourth-order valence-corrected chi connectivity index (χ4v) is 3.79. The van der Waals surface area contributed by atoms with Gasteiger partial charge in [-0.3, -0.25) is 9.59 Å². The molecular formula is C19H21N3O3S. The molecule has 1 aromatic carbocycles. The van der Waals surface area contributed by atoms with E-state index in [9.17, 15) is 9.59 Å². The summed E-state index contributed by atoms with van der Waals surface area (Å²) < 4.78 is 6.48. The van der Waals surface area contributed by atoms with E-state index < -0.39 is 0 Å². The molecule has 0 bridgehead atoms. The van der Waals surface area contributed by atoms with Crippen LogP contribution in [0.5, 0.6) is 0 Å². The Kier molecular flexibility index (Phi) is 5.68. The molecule has 26 heavy (non-hydrogen) atoms. The van der Waals surface area contributed by atoms with Crippen LogP contribution in [0, 0.1) is 6.92 Å². The normalized spacial score (nSPS) is 10.8. The first-order chi connectivity index (χ1) is 12.6. The van der Waals surface area contributed by atoms with E-state index in [0.717, 1.165) is 28.0 Å². The van der Waals surface area contributed by atoms with E-state index in [1.165, 1.54) is 18.4 Å². The third kappa shape index (κ3) is 3.94. The molecule has 1 N–H and O–H groups in total. The molecule has 6 nitrogen and oxygen atoms in total. The second kappa shape index (κ2) is 8.14. The Morgan fingerprint density at radius 1 is 1.23 bits per heavy atom. The Morgan fingerprint density at radius 2 is 2.00 bits per heavy atom. The quantitative estimate of drug-likeness (QED) is 0.510. The number of fused-ring (bicyclic) bond motifs is 1. The maximum Gasteiger partial charge on any atom is 0.305 e. The molecule has 0 atom stereocenters. The standard InChI is InChI=1S/C19H21N3O3S/c1-13-15-12-16(18(24)20-11-7-6-10-17(23)25-2)26-19(15)22(21-13)14-8-4-3-5-9-14/h3-5,8-9,12H,6-7,10-11H2,1-2H3,(H,20,24). The first-order valence-electron chi connectivity index (χ1n) is 8.49. The number of nitrogens with one attached hydrogen (secondary N) is 1. The summed E-state index contributed by atoms with van der Waals surface area (Å²) in [5.74, 6) is -0.315. The van der Waals surface area contributed by atoms with Crippen molar-refractivity contribution in [2.24, 2.45) is 0 Å². The second-order valence-electron chi connectivity index (χ2n) is 5.95. The molecule has 136 valence electrons. The average molecular weight is 371 g/mol. The van der Waals surface area contributed by atoms with Gasteiger partial charge in [-0.25, -0.2) is 4.68 Å². The lowest BCUT2D eigenvalue weighted by Crippen LogP contribution is -2.23. The number of amides is 1. The van der Waals surface area contributed by atoms with Crippen molar-refractivity contribution in [2.45, 2.75) is 26.2 Å². The van der Waals surface area contributed by atoms with Gasteiger partial charge in [0.05, 0.1) is 23.4 Å². The molecule has 1 amide bonds. The number of carbonyl (C=O) groups is 2. The van der Waals surface area contributed by atoms with E-state index in [1.807, 2.05) is 48.0 Å². The van der Waals surface area contributed by atoms with Crippen LogP contribution in [0.25, 0.3) is 15.9 Å². The Balaban J connectivity index is 1.67. The highest BCUT2D eigenvalue weighted by Crippen LogP contribution is 2.30. The number of unbranched alkanes of at least 4 members (excludes halogenated alkanes) is 1. The van der Waals surface area contributed by atoms with Crippen LogP contribution >= 0.6 is 11.3 Å². The summed E-state index contributed by atoms with van der Waals surface area (Å²) in [6.07, 6.45) is 1.81. The fraction of sp³-hybridized carbons (Fsp3) is 0.316. The van der Waals surface area contributed by atoms with E-state index in [0.29, 0.717) is 24.3 Å². The number of rotatable bonds is 7. The summed E-state index contributed by atoms with van der Waals surface area (Å²) in [6.45, 7) is 2.48. The van der Waals surface area contributed by atoms with Gasteiger partial charge >= 0.3 is 5.97 Å². The summed E-state index contributed by atoms with van der Waals surface area (Å²) in [4.78, 5) is 25.1. The van der Waals surface area contributed by atoms with Crippen LogP contribution in [0.3, 0.4) is 0 Å². The molecule has 0 saturated carbocycles. The molecule has 0 saturated heterocycles. The maximum absolute atomic E-state index is 12.4. The molecular weight excluding hydrogens is 350 g/mol. The van der Waals surface area contributed by atoms with Crippen molar-refractivity contribution in [1.82, 2.24) is 15.1 Å². The Bertz CT molecular complexity index is 915. The number of hydrogen-bond donors (Lipinski definition) is 1. The van der Waals surface area contributed by atoms with Crippen molar-refractivity contribution < 1.29 is 14.3 Å². The molecule has 2 aromatic heterocycles. The van der Waals surface area contributed by atoms with E-state index in [-0.39, 0.29) is 11.9 Å². The van der Waals surface area contributed by atoms with Gasteiger partial charge < -0.3 is 10.1 Å². The minimum absolute atomic E-state index is 0.0942. The minimum Gasteiger partial charge on any atom is -0.469 e. The largest absolute Gasteiger partial charge is 0.469 e. The summed E-state index contributed by atoms with van der Waals surface area (Å²) in [7, 11) is 1.38. The van der Waals surface area contributed by atoms with E-state index in [4.69, 9.17) is 0 Å². The van der Waals surface area contributed by atoms with Gasteiger partial charge in [-0.1, -0.05) is 18.2 Å². The molecule has 0 aliphatic rings. The molecule has 3 aromatic rings. The van der Waals surface area contributed by atoms with Crippen LogP contribution in [-0.4, -0.2) is 35.3 Å². The molecule has 0 spiro atoms. The lowest BCUT2D eigenvalue weighted by atomic mass is 10.2. The van der Waals surface area contributed by atoms with Gasteiger partial charge in [-0.05, 0) is 38.0 Å². The minimum atomic E-state index is -0.221. The van der Waals surface area contributed by atoms with Gasteiger partial charge in [0.2, 0.25) is 0 Å². The molecule has 2 heterocycles. The molecule has 0 fully saturated rings. The van der Waals surface area contributed by atoms with Crippen molar-refractivity contribution in [3.05, 3.63) is 47.0 Å². The monoisotopic (exact) mass is 371 g/mol. The Hall–Kier alpha value is -2.67. The highest BCUT2D eigenvalue weighted by molar-refractivity contribution is 7.20. The topological polar surface area (TPSA) is 73.2 Å². The first-order valence-corrected chi connectivity index (χ1v) is 9.31. The third-order valence-corrected chi connectivity index (χ3v) is 5.20. The van der Waals surface area contributed by atoms with Gasteiger partial charge in [-0.2, -0.15) is 5.10 Å². The average Bonchev–Trinajstić information content (AvgIpc) is 3.22. The number of aryl methyl sites for hydroxylation is 1. The summed E-state index contributed by atoms with van der Waals surface area (Å²) in [5.41, 5.74) is 1.87. The van der Waals surface area contributed by atoms with Crippen LogP contribution in [0.2, 0.25) is 0 Å². The lowest BCUT2D eigenvalue weighted by molar-refractivity contribution is -0.140. The summed E-state index contributed by atoms with van der Waals surface area (Å²) >= 11 is 1.43. The molecule has 0 unspecified atom stereocenters. The molecule has 0 radical (unpaired) electrons. The van der Waals surface area contributed by atoms with Crippen LogP contribution in [0.4, 0.5) is 0 Å². The zero-order valence-corrected chi connectivity index (χ0v) is 15.6. The molecule has 0 aliphatic carbocycles. The van der Waals surface area contributed by atoms with E-state index in [1.54, 1.807) is 0 Å². The highest BCUT2D eigenvalue weighted by atomic mass is 32.1. The first kappa shape index (κ1) is 18.1. The van der Waals surface area contributed by atoms with Crippen molar-refractivity contribution in [1.29, 1.82) is 0 Å². The Morgan fingerprint density at radius 3 is 2.73 bits per heavy atom. The van der Waals surface area contributed by atoms with Gasteiger partial charge in [-0.15, -0.1) is 11.3 Å². The van der Waals surface area contributed by atoms with Gasteiger partial charge in [0, 0.05) is 18.4 Å². The fourth-order valence-electron chi connectivity index (χ4n) is 2.69. The number of thiophene rings is 1. The number of benzene rings is 1. The number of nitrogens with zero attached hydrogens (tertiary/aromatic N) is 2. The zero-order valence-electron chi connectivity index (χ0n) is 14.8. The predicted molar refractivity (Wildman–Crippen MR) is 102 cm³/mol. The number of aromatic nitrogens is 2. The van der Waals surface area contributed by atoms with Crippen molar-refractivity contribution in [3.8, 4) is 5.69 Å². The van der Waals surface area contributed by atoms with Gasteiger partial charge in [0.15, 0.2) is 0 Å². The number of para-hydroxylation sites is 1. The number of hydrogen-bond acceptors (Lipinski definition) is 5. The van der Waals surface area contributed by atoms with Crippen molar-refractivity contribution >= 4 is 33.4 Å². The molecule has 7 heteroatoms. The van der Waals surface area contributed by atoms with Gasteiger partial charge in [0.1, 0.15) is 4.83 Å². The number of ether oxygens (including phenoxy) is 1. The van der Waals surface area contributed by atoms with Crippen LogP contribution in [-0.2, 0) is 9.53 Å². The second-order valence-corrected chi connectivity index (χ2v) is 6.98. The van der Waals surface area contributed by atoms with Crippen molar-refractivity contribution in [3.63, 3.8) is 0 Å². The smallest absolute Gasteiger partial charge is 0.305 e. The van der Waals surface area contributed by atoms with Crippen LogP contribution in [0.1, 0.15) is 34.6 Å². The highest BCUT2D eigenvalue weighted by Gasteiger charge is 2.16. The summed E-state index contributed by atoms with van der Waals surface area (Å²) in [5, 5.41) is 8.49. The number of esters is 1. The van der Waals surface area contributed by atoms with Crippen LogP contribution in [0.15, 0.2) is 36.4 Å². The Labute approximate surface area is 155 Å². The number of methoxy groups -OCH3 is 1. The van der Waals surface area contributed by atoms with Crippen LogP contribution < -0.4 is 5.32 Å². The summed E-state index contributed by atoms with van der Waals surface area (Å²) in [6, 6.07) is 11.8. The zero-order chi connectivity index (χ0) is 18.5. The SMILES string of the molecule is COC(=O)CCCCNC(=O)c1cc2c(C)nn(-c3ccccc3)c2s1. The van der Waals surface area contributed by atoms with Gasteiger partial charge in [0.25, 0.3) is 5.91 Å². The predicted octanol–water partition coefficient (Wildman–Crippen LogP) is 3.47. The maximum atomic E-state index is 12.4. The molecule has 3 rings (SSSR count). The lowest BCUT2D eigenvalue weighted by Gasteiger charge is -2.03. The van der Waals surface area contributed by atoms with E-state index >= 15 is 0 Å².